The Morgan fingerprint density at radius 2 is 1.55 bits per heavy atom. The highest BCUT2D eigenvalue weighted by Gasteiger charge is 2.24. The van der Waals surface area contributed by atoms with Gasteiger partial charge in [0.15, 0.2) is 0 Å². The molecule has 0 bridgehead atoms. The summed E-state index contributed by atoms with van der Waals surface area (Å²) in [5.74, 6) is 0.504. The number of nitrogens with one attached hydrogen (secondary N) is 2. The molecule has 5 rings (SSSR count). The summed E-state index contributed by atoms with van der Waals surface area (Å²) >= 11 is 0. The third kappa shape index (κ3) is 7.25. The Kier molecular flexibility index (Phi) is 9.66. The first-order chi connectivity index (χ1) is 20.5. The lowest BCUT2D eigenvalue weighted by molar-refractivity contribution is -0.115. The van der Waals surface area contributed by atoms with Gasteiger partial charge >= 0.3 is 0 Å². The van der Waals surface area contributed by atoms with Gasteiger partial charge in [0.05, 0.1) is 24.9 Å². The lowest BCUT2D eigenvalue weighted by Gasteiger charge is -2.27. The van der Waals surface area contributed by atoms with E-state index in [4.69, 9.17) is 4.74 Å². The van der Waals surface area contributed by atoms with Crippen molar-refractivity contribution in [1.29, 1.82) is 0 Å². The zero-order chi connectivity index (χ0) is 29.3. The fourth-order valence-corrected chi connectivity index (χ4v) is 5.44. The van der Waals surface area contributed by atoms with Gasteiger partial charge < -0.3 is 30.1 Å². The van der Waals surface area contributed by atoms with Crippen molar-refractivity contribution < 1.29 is 19.1 Å². The lowest BCUT2D eigenvalue weighted by atomic mass is 10.1. The van der Waals surface area contributed by atoms with Crippen molar-refractivity contribution in [3.8, 4) is 5.75 Å². The van der Waals surface area contributed by atoms with Crippen LogP contribution in [-0.4, -0.2) is 92.0 Å². The molecule has 0 atom stereocenters. The van der Waals surface area contributed by atoms with Gasteiger partial charge in [-0.1, -0.05) is 12.1 Å². The molecular weight excluding hydrogens is 532 g/mol. The van der Waals surface area contributed by atoms with Gasteiger partial charge in [-0.2, -0.15) is 0 Å². The van der Waals surface area contributed by atoms with Crippen molar-refractivity contribution in [1.82, 2.24) is 20.1 Å². The van der Waals surface area contributed by atoms with Crippen molar-refractivity contribution in [3.63, 3.8) is 0 Å². The zero-order valence-electron chi connectivity index (χ0n) is 24.1. The summed E-state index contributed by atoms with van der Waals surface area (Å²) in [6.45, 7) is 5.49. The molecule has 3 aromatic rings. The van der Waals surface area contributed by atoms with E-state index in [1.807, 2.05) is 46.2 Å². The molecule has 0 aliphatic carbocycles. The number of pyridine rings is 1. The zero-order valence-corrected chi connectivity index (χ0v) is 24.1. The summed E-state index contributed by atoms with van der Waals surface area (Å²) in [7, 11) is 1.61. The molecule has 220 valence electrons. The average Bonchev–Trinajstić information content (AvgIpc) is 3.45. The Hall–Kier alpha value is -4.44. The smallest absolute Gasteiger partial charge is 0.254 e. The van der Waals surface area contributed by atoms with E-state index in [-0.39, 0.29) is 24.1 Å². The van der Waals surface area contributed by atoms with Gasteiger partial charge in [0.25, 0.3) is 11.8 Å². The molecular formula is C32H38N6O4. The predicted molar refractivity (Wildman–Crippen MR) is 162 cm³/mol. The van der Waals surface area contributed by atoms with Crippen molar-refractivity contribution in [3.05, 3.63) is 83.7 Å². The van der Waals surface area contributed by atoms with E-state index in [0.29, 0.717) is 56.1 Å². The maximum atomic E-state index is 13.4. The van der Waals surface area contributed by atoms with E-state index in [1.54, 1.807) is 37.7 Å². The lowest BCUT2D eigenvalue weighted by Crippen LogP contribution is -2.35. The number of anilines is 2. The van der Waals surface area contributed by atoms with Gasteiger partial charge in [-0.25, -0.2) is 0 Å². The number of rotatable bonds is 7. The molecule has 2 saturated heterocycles. The highest BCUT2D eigenvalue weighted by atomic mass is 16.5. The van der Waals surface area contributed by atoms with E-state index in [0.717, 1.165) is 42.9 Å². The number of methoxy groups -OCH3 is 1. The quantitative estimate of drug-likeness (QED) is 0.450. The number of carbonyl (C=O) groups is 3. The minimum Gasteiger partial charge on any atom is -0.497 e. The van der Waals surface area contributed by atoms with Crippen LogP contribution in [0.5, 0.6) is 5.75 Å². The molecule has 0 spiro atoms. The monoisotopic (exact) mass is 570 g/mol. The fourth-order valence-electron chi connectivity index (χ4n) is 5.44. The third-order valence-corrected chi connectivity index (χ3v) is 7.72. The summed E-state index contributed by atoms with van der Waals surface area (Å²) in [6.07, 6.45) is 5.12. The van der Waals surface area contributed by atoms with E-state index in [9.17, 15) is 14.4 Å². The Morgan fingerprint density at radius 3 is 2.33 bits per heavy atom. The summed E-state index contributed by atoms with van der Waals surface area (Å²) in [5.41, 5.74) is 3.46. The van der Waals surface area contributed by atoms with Crippen LogP contribution < -0.4 is 20.3 Å². The fraction of sp³-hybridized carbons (Fsp3) is 0.375. The second kappa shape index (κ2) is 14.0. The van der Waals surface area contributed by atoms with Crippen molar-refractivity contribution in [2.75, 3.05) is 69.7 Å². The number of nitrogens with zero attached hydrogens (tertiary/aromatic N) is 4. The molecule has 0 unspecified atom stereocenters. The Morgan fingerprint density at radius 1 is 0.810 bits per heavy atom. The molecule has 2 aliphatic heterocycles. The molecule has 2 aromatic carbocycles. The summed E-state index contributed by atoms with van der Waals surface area (Å²) in [4.78, 5) is 49.7. The van der Waals surface area contributed by atoms with E-state index in [1.165, 1.54) is 0 Å². The summed E-state index contributed by atoms with van der Waals surface area (Å²) in [5, 5.41) is 6.43. The van der Waals surface area contributed by atoms with Gasteiger partial charge in [0, 0.05) is 69.3 Å². The van der Waals surface area contributed by atoms with Crippen LogP contribution in [-0.2, 0) is 11.2 Å². The molecule has 0 saturated carbocycles. The van der Waals surface area contributed by atoms with E-state index in [2.05, 4.69) is 20.5 Å². The van der Waals surface area contributed by atoms with Crippen LogP contribution in [0.4, 0.5) is 11.4 Å². The molecule has 2 aliphatic rings. The van der Waals surface area contributed by atoms with E-state index >= 15 is 0 Å². The number of aromatic nitrogens is 1. The second-order valence-corrected chi connectivity index (χ2v) is 10.6. The van der Waals surface area contributed by atoms with Gasteiger partial charge in [-0.15, -0.1) is 0 Å². The van der Waals surface area contributed by atoms with Crippen LogP contribution in [0.2, 0.25) is 0 Å². The van der Waals surface area contributed by atoms with Crippen LogP contribution in [0.1, 0.15) is 39.1 Å². The van der Waals surface area contributed by atoms with Crippen LogP contribution in [0.3, 0.4) is 0 Å². The predicted octanol–water partition coefficient (Wildman–Crippen LogP) is 3.06. The van der Waals surface area contributed by atoms with Crippen LogP contribution in [0.15, 0.2) is 67.0 Å². The van der Waals surface area contributed by atoms with Gasteiger partial charge in [0.1, 0.15) is 5.75 Å². The van der Waals surface area contributed by atoms with Crippen molar-refractivity contribution in [2.45, 2.75) is 19.3 Å². The molecule has 42 heavy (non-hydrogen) atoms. The first kappa shape index (κ1) is 29.1. The molecule has 2 N–H and O–H groups in total. The first-order valence-corrected chi connectivity index (χ1v) is 14.5. The van der Waals surface area contributed by atoms with E-state index < -0.39 is 0 Å². The summed E-state index contributed by atoms with van der Waals surface area (Å²) < 4.78 is 5.23. The Bertz CT molecular complexity index is 1370. The number of amides is 3. The van der Waals surface area contributed by atoms with Gasteiger partial charge in [0.2, 0.25) is 5.91 Å². The molecule has 3 heterocycles. The highest BCUT2D eigenvalue weighted by Crippen LogP contribution is 2.30. The maximum absolute atomic E-state index is 13.4. The molecule has 10 nitrogen and oxygen atoms in total. The molecule has 0 radical (unpaired) electrons. The Balaban J connectivity index is 1.36. The number of carbonyl (C=O) groups excluding carboxylic acids is 3. The first-order valence-electron chi connectivity index (χ1n) is 14.5. The normalized spacial score (nSPS) is 15.9. The third-order valence-electron chi connectivity index (χ3n) is 7.72. The second-order valence-electron chi connectivity index (χ2n) is 10.6. The van der Waals surface area contributed by atoms with Crippen molar-refractivity contribution in [2.24, 2.45) is 0 Å². The van der Waals surface area contributed by atoms with Crippen LogP contribution >= 0.6 is 0 Å². The SMILES string of the molecule is COc1ccc(CC(=O)Nc2cc(C(=O)N3CCCNCC3)ccc2N2CCCN(C(=O)c3ccncc3)CC2)cc1. The molecule has 3 amide bonds. The standard InChI is InChI=1S/C32H38N6O4/c1-42-27-7-4-24(5-8-27)22-30(39)35-28-23-26(32(41)37-16-2-12-33-15-19-37)6-9-29(28)36-17-3-18-38(21-20-36)31(40)25-10-13-34-14-11-25/h4-11,13-14,23,33H,2-3,12,15-22H2,1H3,(H,35,39). The Labute approximate surface area is 246 Å². The van der Waals surface area contributed by atoms with Gasteiger partial charge in [-0.05, 0) is 67.4 Å². The largest absolute Gasteiger partial charge is 0.497 e. The number of hydrogen-bond donors (Lipinski definition) is 2. The number of ether oxygens (including phenoxy) is 1. The number of benzene rings is 2. The minimum atomic E-state index is -0.172. The van der Waals surface area contributed by atoms with Crippen LogP contribution in [0.25, 0.3) is 0 Å². The van der Waals surface area contributed by atoms with Gasteiger partial charge in [-0.3, -0.25) is 19.4 Å². The minimum absolute atomic E-state index is 0.0137. The van der Waals surface area contributed by atoms with Crippen LogP contribution in [0, 0.1) is 0 Å². The topological polar surface area (TPSA) is 107 Å². The maximum Gasteiger partial charge on any atom is 0.254 e. The molecule has 2 fully saturated rings. The molecule has 1 aromatic heterocycles. The summed E-state index contributed by atoms with van der Waals surface area (Å²) in [6, 6.07) is 16.4. The average molecular weight is 571 g/mol. The van der Waals surface area contributed by atoms with Crippen molar-refractivity contribution >= 4 is 29.1 Å². The molecule has 10 heteroatoms. The number of hydrogen-bond acceptors (Lipinski definition) is 7. The highest BCUT2D eigenvalue weighted by molar-refractivity contribution is 6.00.